The summed E-state index contributed by atoms with van der Waals surface area (Å²) in [6.45, 7) is 4.02. The van der Waals surface area contributed by atoms with Crippen LogP contribution < -0.4 is 0 Å². The van der Waals surface area contributed by atoms with Crippen LogP contribution in [0.25, 0.3) is 38.7 Å². The van der Waals surface area contributed by atoms with Gasteiger partial charge in [-0.2, -0.15) is 0 Å². The molecular weight excluding hydrogens is 581 g/mol. The maximum atomic E-state index is 5.46. The molecule has 2 nitrogen and oxygen atoms in total. The fourth-order valence-electron chi connectivity index (χ4n) is 7.99. The van der Waals surface area contributed by atoms with Crippen LogP contribution in [0.15, 0.2) is 185 Å². The minimum atomic E-state index is -0.468. The molecule has 0 radical (unpaired) electrons. The third-order valence-electron chi connectivity index (χ3n) is 10.1. The summed E-state index contributed by atoms with van der Waals surface area (Å²) in [6.07, 6.45) is 0.752. The quantitative estimate of drug-likeness (QED) is 0.136. The van der Waals surface area contributed by atoms with Gasteiger partial charge in [-0.1, -0.05) is 164 Å². The van der Waals surface area contributed by atoms with Gasteiger partial charge in [0, 0.05) is 11.1 Å². The lowest BCUT2D eigenvalue weighted by atomic mass is 9.68. The first kappa shape index (κ1) is 28.1. The number of hydrogen-bond acceptors (Lipinski definition) is 1. The first-order valence-electron chi connectivity index (χ1n) is 16.5. The number of amidine groups is 1. The van der Waals surface area contributed by atoms with Gasteiger partial charge in [0.25, 0.3) is 0 Å². The normalized spacial score (nSPS) is 14.2. The Bertz CT molecular complexity index is 2380. The molecule has 2 aliphatic carbocycles. The number of rotatable bonds is 5. The van der Waals surface area contributed by atoms with Crippen LogP contribution >= 0.6 is 0 Å². The van der Waals surface area contributed by atoms with Crippen LogP contribution in [0.3, 0.4) is 0 Å². The Balaban J connectivity index is 1.24. The molecule has 7 aromatic carbocycles. The van der Waals surface area contributed by atoms with Crippen molar-refractivity contribution in [2.24, 2.45) is 9.98 Å². The Hall–Kier alpha value is -6.12. The third-order valence-corrected chi connectivity index (χ3v) is 10.1. The van der Waals surface area contributed by atoms with Crippen molar-refractivity contribution in [3.63, 3.8) is 0 Å². The molecule has 226 valence electrons. The minimum absolute atomic E-state index is 0.468. The highest BCUT2D eigenvalue weighted by molar-refractivity contribution is 6.06. The molecule has 9 rings (SSSR count). The molecular formula is C46H32N2. The van der Waals surface area contributed by atoms with E-state index in [1.165, 1.54) is 55.3 Å². The highest BCUT2D eigenvalue weighted by atomic mass is 14.9. The largest absolute Gasteiger partial charge is 0.245 e. The van der Waals surface area contributed by atoms with Crippen molar-refractivity contribution in [2.75, 3.05) is 0 Å². The zero-order valence-corrected chi connectivity index (χ0v) is 26.5. The van der Waals surface area contributed by atoms with E-state index >= 15 is 0 Å². The maximum absolute atomic E-state index is 5.46. The molecule has 0 saturated heterocycles. The molecule has 0 bridgehead atoms. The van der Waals surface area contributed by atoms with Crippen molar-refractivity contribution in [1.82, 2.24) is 0 Å². The molecule has 48 heavy (non-hydrogen) atoms. The molecule has 0 atom stereocenters. The Morgan fingerprint density at radius 1 is 0.500 bits per heavy atom. The summed E-state index contributed by atoms with van der Waals surface area (Å²) >= 11 is 0. The van der Waals surface area contributed by atoms with E-state index in [9.17, 15) is 0 Å². The van der Waals surface area contributed by atoms with Crippen LogP contribution in [0.2, 0.25) is 0 Å². The van der Waals surface area contributed by atoms with Crippen molar-refractivity contribution in [1.29, 1.82) is 0 Å². The average molecular weight is 613 g/mol. The first-order valence-corrected chi connectivity index (χ1v) is 16.5. The van der Waals surface area contributed by atoms with Gasteiger partial charge in [-0.05, 0) is 80.1 Å². The van der Waals surface area contributed by atoms with Crippen molar-refractivity contribution < 1.29 is 0 Å². The predicted octanol–water partition coefficient (Wildman–Crippen LogP) is 10.9. The number of hydrogen-bond donors (Lipinski definition) is 0. The molecule has 0 aromatic heterocycles. The van der Waals surface area contributed by atoms with Crippen LogP contribution in [0.1, 0.15) is 33.4 Å². The summed E-state index contributed by atoms with van der Waals surface area (Å²) in [5.41, 5.74) is 13.9. The summed E-state index contributed by atoms with van der Waals surface area (Å²) < 4.78 is 0. The molecule has 0 aliphatic heterocycles. The number of aliphatic imine (C=N–C) groups is 2. The van der Waals surface area contributed by atoms with Crippen molar-refractivity contribution in [2.45, 2.75) is 11.8 Å². The van der Waals surface area contributed by atoms with Gasteiger partial charge in [0.05, 0.1) is 11.1 Å². The van der Waals surface area contributed by atoms with Gasteiger partial charge < -0.3 is 0 Å². The van der Waals surface area contributed by atoms with E-state index in [0.717, 1.165) is 28.8 Å². The lowest BCUT2D eigenvalue weighted by Gasteiger charge is -2.32. The van der Waals surface area contributed by atoms with Gasteiger partial charge in [-0.15, -0.1) is 0 Å². The molecule has 0 heterocycles. The average Bonchev–Trinajstić information content (AvgIpc) is 3.60. The summed E-state index contributed by atoms with van der Waals surface area (Å²) in [6, 6.07) is 61.0. The summed E-state index contributed by atoms with van der Waals surface area (Å²) in [5.74, 6) is 0.618. The second-order valence-electron chi connectivity index (χ2n) is 12.6. The summed E-state index contributed by atoms with van der Waals surface area (Å²) in [7, 11) is 0. The number of nitrogens with zero attached hydrogens (tertiary/aromatic N) is 2. The lowest BCUT2D eigenvalue weighted by Crippen LogP contribution is -2.28. The number of benzene rings is 7. The molecule has 2 aliphatic rings. The summed E-state index contributed by atoms with van der Waals surface area (Å²) in [5, 5.41) is 2.47. The van der Waals surface area contributed by atoms with E-state index in [1.54, 1.807) is 0 Å². The number of fused-ring (bicyclic) bond motifs is 8. The Morgan fingerprint density at radius 3 is 1.71 bits per heavy atom. The van der Waals surface area contributed by atoms with Gasteiger partial charge in [0.15, 0.2) is 5.84 Å². The maximum Gasteiger partial charge on any atom is 0.159 e. The van der Waals surface area contributed by atoms with Gasteiger partial charge >= 0.3 is 0 Å². The lowest BCUT2D eigenvalue weighted by molar-refractivity contribution is 0.740. The Kier molecular flexibility index (Phi) is 6.62. The first-order chi connectivity index (χ1) is 23.8. The van der Waals surface area contributed by atoms with E-state index < -0.39 is 5.41 Å². The summed E-state index contributed by atoms with van der Waals surface area (Å²) in [4.78, 5) is 10.0. The van der Waals surface area contributed by atoms with Crippen molar-refractivity contribution in [3.05, 3.63) is 209 Å². The number of allylic oxidation sites excluding steroid dienone is 1. The predicted molar refractivity (Wildman–Crippen MR) is 201 cm³/mol. The third kappa shape index (κ3) is 4.27. The van der Waals surface area contributed by atoms with Crippen LogP contribution in [0.4, 0.5) is 0 Å². The van der Waals surface area contributed by atoms with Gasteiger partial charge in [0.1, 0.15) is 0 Å². The van der Waals surface area contributed by atoms with Crippen LogP contribution in [-0.2, 0) is 11.8 Å². The van der Waals surface area contributed by atoms with E-state index in [4.69, 9.17) is 4.99 Å². The second-order valence-corrected chi connectivity index (χ2v) is 12.6. The molecule has 1 spiro atoms. The second kappa shape index (κ2) is 11.3. The van der Waals surface area contributed by atoms with Gasteiger partial charge in [-0.3, -0.25) is 0 Å². The highest BCUT2D eigenvalue weighted by Crippen LogP contribution is 2.62. The molecule has 0 fully saturated rings. The van der Waals surface area contributed by atoms with E-state index in [1.807, 2.05) is 0 Å². The molecule has 0 amide bonds. The molecule has 0 N–H and O–H groups in total. The van der Waals surface area contributed by atoms with Crippen molar-refractivity contribution >= 4 is 29.0 Å². The molecule has 7 aromatic rings. The fourth-order valence-corrected chi connectivity index (χ4v) is 7.99. The fraction of sp³-hybridized carbons (Fsp3) is 0.0435. The molecule has 0 unspecified atom stereocenters. The molecule has 2 heteroatoms. The highest BCUT2D eigenvalue weighted by Gasteiger charge is 2.52. The van der Waals surface area contributed by atoms with Crippen molar-refractivity contribution in [3.8, 4) is 22.3 Å². The molecule has 0 saturated carbocycles. The van der Waals surface area contributed by atoms with Crippen LogP contribution in [0, 0.1) is 0 Å². The minimum Gasteiger partial charge on any atom is -0.245 e. The zero-order chi connectivity index (χ0) is 32.1. The van der Waals surface area contributed by atoms with E-state index in [-0.39, 0.29) is 0 Å². The zero-order valence-electron chi connectivity index (χ0n) is 26.5. The smallest absolute Gasteiger partial charge is 0.159 e. The Morgan fingerprint density at radius 2 is 1.04 bits per heavy atom. The van der Waals surface area contributed by atoms with Gasteiger partial charge in [-0.25, -0.2) is 9.98 Å². The standard InChI is InChI=1S/C46H32N2/c1-47-45(34-26-23-33(24-27-34)36-28-25-32-15-5-6-16-35(32)30-36)48-44-39-19-9-12-22-42(39)46(43(44)29-31-13-3-2-4-14-31)40-20-10-7-17-37(40)38-18-8-11-21-41(38)46/h2-28,30H,1,29H2. The van der Waals surface area contributed by atoms with E-state index in [0.29, 0.717) is 5.84 Å². The van der Waals surface area contributed by atoms with Crippen LogP contribution in [0.5, 0.6) is 0 Å². The van der Waals surface area contributed by atoms with E-state index in [2.05, 4.69) is 182 Å². The SMILES string of the molecule is C=NC(=NC1=C(Cc2ccccc2)C2(c3ccccc31)c1ccccc1-c1ccccc12)c1ccc(-c2ccc3ccccc3c2)cc1. The monoisotopic (exact) mass is 612 g/mol. The topological polar surface area (TPSA) is 24.7 Å². The van der Waals surface area contributed by atoms with Crippen LogP contribution in [-0.4, -0.2) is 12.6 Å². The van der Waals surface area contributed by atoms with Gasteiger partial charge in [0.2, 0.25) is 0 Å². The Labute approximate surface area is 281 Å².